The van der Waals surface area contributed by atoms with E-state index in [-0.39, 0.29) is 0 Å². The van der Waals surface area contributed by atoms with E-state index in [2.05, 4.69) is 128 Å². The highest BCUT2D eigenvalue weighted by atomic mass is 28.4. The first-order chi connectivity index (χ1) is 28.9. The predicted octanol–water partition coefficient (Wildman–Crippen LogP) is 13.7. The molecule has 2 heterocycles. The van der Waals surface area contributed by atoms with E-state index in [0.29, 0.717) is 34.3 Å². The first-order valence-electron chi connectivity index (χ1n) is 20.8. The van der Waals surface area contributed by atoms with E-state index < -0.39 is 8.56 Å². The minimum atomic E-state index is -3.00. The van der Waals surface area contributed by atoms with Crippen molar-refractivity contribution in [3.05, 3.63) is 164 Å². The van der Waals surface area contributed by atoms with Crippen molar-refractivity contribution in [1.29, 1.82) is 0 Å². The minimum Gasteiger partial charge on any atom is -0.512 e. The molecule has 0 saturated carbocycles. The van der Waals surface area contributed by atoms with Crippen LogP contribution in [0.2, 0.25) is 13.1 Å². The molecular weight excluding hydrogens is 769 g/mol. The molecule has 0 aliphatic heterocycles. The Labute approximate surface area is 363 Å². The van der Waals surface area contributed by atoms with Crippen molar-refractivity contribution in [3.8, 4) is 11.5 Å². The number of rotatable bonds is 12. The molecule has 8 nitrogen and oxygen atoms in total. The maximum atomic E-state index is 6.92. The summed E-state index contributed by atoms with van der Waals surface area (Å²) in [6, 6.07) is 32.6. The summed E-state index contributed by atoms with van der Waals surface area (Å²) in [5.74, 6) is 1.25. The van der Waals surface area contributed by atoms with Gasteiger partial charge in [0.2, 0.25) is 0 Å². The van der Waals surface area contributed by atoms with Gasteiger partial charge in [-0.2, -0.15) is 0 Å². The van der Waals surface area contributed by atoms with Gasteiger partial charge in [0.05, 0.1) is 68.4 Å². The van der Waals surface area contributed by atoms with Crippen molar-refractivity contribution in [3.63, 3.8) is 0 Å². The Bertz CT molecular complexity index is 2320. The quantitative estimate of drug-likeness (QED) is 0.0907. The minimum absolute atomic E-state index is 0.624. The van der Waals surface area contributed by atoms with Crippen LogP contribution in [0.25, 0.3) is 0 Å². The molecule has 0 saturated heterocycles. The molecule has 0 fully saturated rings. The molecule has 0 aliphatic rings. The number of hydrogen-bond acceptors (Lipinski definition) is 8. The van der Waals surface area contributed by atoms with Gasteiger partial charge in [0.1, 0.15) is 11.5 Å². The van der Waals surface area contributed by atoms with Crippen LogP contribution in [-0.2, 0) is 0 Å². The lowest BCUT2D eigenvalue weighted by molar-refractivity contribution is 0.399. The van der Waals surface area contributed by atoms with Crippen molar-refractivity contribution in [2.45, 2.75) is 96.2 Å². The third-order valence-corrected chi connectivity index (χ3v) is 12.1. The SMILES string of the molecule is CC(=Nc1c(C)cccc1C)c1cc(O[Si](C)(C)Oc2cc(C(C)=Nc3c(C)cccc3C)nc(C(C)=Nc3c(C)cccc3C)c2)cc(C(C)=Nc2c(C)cccc2C)n1. The van der Waals surface area contributed by atoms with Crippen LogP contribution in [0.3, 0.4) is 0 Å². The van der Waals surface area contributed by atoms with Crippen LogP contribution in [0, 0.1) is 55.4 Å². The van der Waals surface area contributed by atoms with Crippen molar-refractivity contribution in [2.24, 2.45) is 20.0 Å². The molecule has 6 aromatic rings. The van der Waals surface area contributed by atoms with Gasteiger partial charge >= 0.3 is 8.56 Å². The van der Waals surface area contributed by atoms with Crippen LogP contribution < -0.4 is 8.85 Å². The van der Waals surface area contributed by atoms with E-state index in [1.165, 1.54) is 0 Å². The number of aromatic nitrogens is 2. The zero-order chi connectivity index (χ0) is 44.2. The fourth-order valence-electron chi connectivity index (χ4n) is 7.29. The molecule has 0 amide bonds. The largest absolute Gasteiger partial charge is 0.512 e. The molecule has 9 heteroatoms. The molecule has 6 rings (SSSR count). The number of para-hydroxylation sites is 4. The first kappa shape index (κ1) is 44.2. The molecule has 0 bridgehead atoms. The number of nitrogens with zero attached hydrogens (tertiary/aromatic N) is 6. The number of hydrogen-bond donors (Lipinski definition) is 0. The fourth-order valence-corrected chi connectivity index (χ4v) is 8.70. The van der Waals surface area contributed by atoms with Gasteiger partial charge in [-0.25, -0.2) is 9.97 Å². The fraction of sp³-hybridized carbons (Fsp3) is 0.269. The van der Waals surface area contributed by atoms with Gasteiger partial charge in [-0.15, -0.1) is 0 Å². The summed E-state index contributed by atoms with van der Waals surface area (Å²) in [6.07, 6.45) is 0. The highest BCUT2D eigenvalue weighted by molar-refractivity contribution is 6.66. The van der Waals surface area contributed by atoms with Crippen LogP contribution >= 0.6 is 0 Å². The van der Waals surface area contributed by atoms with Gasteiger partial charge in [0, 0.05) is 37.4 Å². The number of pyridine rings is 2. The summed E-state index contributed by atoms with van der Waals surface area (Å²) in [5.41, 5.74) is 18.4. The number of aliphatic imine (C=N–C) groups is 4. The van der Waals surface area contributed by atoms with E-state index in [1.807, 2.05) is 65.1 Å². The number of benzene rings is 4. The Balaban J connectivity index is 1.43. The molecule has 0 aliphatic carbocycles. The Morgan fingerprint density at radius 2 is 0.574 bits per heavy atom. The molecule has 0 spiro atoms. The molecule has 0 unspecified atom stereocenters. The second kappa shape index (κ2) is 18.5. The van der Waals surface area contributed by atoms with Crippen LogP contribution in [0.15, 0.2) is 117 Å². The molecule has 0 atom stereocenters. The van der Waals surface area contributed by atoms with E-state index in [0.717, 1.165) is 90.1 Å². The zero-order valence-electron chi connectivity index (χ0n) is 38.2. The molecule has 0 N–H and O–H groups in total. The Kier molecular flexibility index (Phi) is 13.4. The molecule has 61 heavy (non-hydrogen) atoms. The molecular formula is C52H58N6O2Si. The predicted molar refractivity (Wildman–Crippen MR) is 258 cm³/mol. The molecule has 0 radical (unpaired) electrons. The average Bonchev–Trinajstić information content (AvgIpc) is 3.19. The first-order valence-corrected chi connectivity index (χ1v) is 23.6. The van der Waals surface area contributed by atoms with Crippen molar-refractivity contribution in [2.75, 3.05) is 0 Å². The smallest absolute Gasteiger partial charge is 0.454 e. The normalized spacial score (nSPS) is 12.8. The van der Waals surface area contributed by atoms with Crippen LogP contribution in [-0.4, -0.2) is 41.4 Å². The number of aryl methyl sites for hydroxylation is 8. The molecule has 2 aromatic heterocycles. The summed E-state index contributed by atoms with van der Waals surface area (Å²) in [4.78, 5) is 30.6. The summed E-state index contributed by atoms with van der Waals surface area (Å²) in [6.45, 7) is 28.7. The van der Waals surface area contributed by atoms with Gasteiger partial charge in [0.15, 0.2) is 0 Å². The topological polar surface area (TPSA) is 93.7 Å². The van der Waals surface area contributed by atoms with Crippen LogP contribution in [0.1, 0.15) is 95.0 Å². The zero-order valence-corrected chi connectivity index (χ0v) is 39.2. The lowest BCUT2D eigenvalue weighted by atomic mass is 10.1. The Hall–Kier alpha value is -6.32. The van der Waals surface area contributed by atoms with E-state index >= 15 is 0 Å². The molecule has 4 aromatic carbocycles. The highest BCUT2D eigenvalue weighted by Gasteiger charge is 2.31. The van der Waals surface area contributed by atoms with Gasteiger partial charge in [0.25, 0.3) is 0 Å². The van der Waals surface area contributed by atoms with E-state index in [4.69, 9.17) is 38.8 Å². The van der Waals surface area contributed by atoms with Gasteiger partial charge < -0.3 is 8.85 Å². The average molecular weight is 827 g/mol. The maximum Gasteiger partial charge on any atom is 0.454 e. The lowest BCUT2D eigenvalue weighted by Crippen LogP contribution is -2.42. The third kappa shape index (κ3) is 10.7. The summed E-state index contributed by atoms with van der Waals surface area (Å²) in [7, 11) is -3.00. The second-order valence-electron chi connectivity index (χ2n) is 16.5. The van der Waals surface area contributed by atoms with E-state index in [9.17, 15) is 0 Å². The maximum absolute atomic E-state index is 6.92. The second-order valence-corrected chi connectivity index (χ2v) is 19.7. The van der Waals surface area contributed by atoms with Crippen molar-refractivity contribution >= 4 is 54.2 Å². The Morgan fingerprint density at radius 3 is 0.770 bits per heavy atom. The monoisotopic (exact) mass is 826 g/mol. The van der Waals surface area contributed by atoms with Crippen molar-refractivity contribution < 1.29 is 8.85 Å². The summed E-state index contributed by atoms with van der Waals surface area (Å²) >= 11 is 0. The third-order valence-electron chi connectivity index (χ3n) is 10.7. The van der Waals surface area contributed by atoms with Gasteiger partial charge in [-0.3, -0.25) is 20.0 Å². The lowest BCUT2D eigenvalue weighted by Gasteiger charge is -2.26. The van der Waals surface area contributed by atoms with E-state index in [1.54, 1.807) is 0 Å². The highest BCUT2D eigenvalue weighted by Crippen LogP contribution is 2.31. The van der Waals surface area contributed by atoms with Crippen LogP contribution in [0.4, 0.5) is 22.7 Å². The van der Waals surface area contributed by atoms with Crippen molar-refractivity contribution in [1.82, 2.24) is 9.97 Å². The van der Waals surface area contributed by atoms with Gasteiger partial charge in [-0.1, -0.05) is 72.8 Å². The summed E-state index contributed by atoms with van der Waals surface area (Å²) in [5, 5.41) is 0. The standard InChI is InChI=1S/C52H58N6O2Si/c1-31-19-15-20-32(2)49(31)53-39(9)45-27-43(28-46(57-45)40(10)54-50-33(3)21-16-22-34(50)4)59-61(13,14)60-44-29-47(41(11)55-51-35(5)23-17-24-36(51)6)58-48(30-44)42(12)56-52-37(7)25-18-26-38(52)8/h15-30H,1-14H3. The Morgan fingerprint density at radius 1 is 0.377 bits per heavy atom. The van der Waals surface area contributed by atoms with Gasteiger partial charge in [-0.05, 0) is 128 Å². The van der Waals surface area contributed by atoms with Crippen LogP contribution in [0.5, 0.6) is 11.5 Å². The summed E-state index contributed by atoms with van der Waals surface area (Å²) < 4.78 is 13.8. The molecule has 312 valence electrons.